The van der Waals surface area contributed by atoms with Gasteiger partial charge < -0.3 is 20.5 Å². The molecule has 0 saturated heterocycles. The third-order valence-electron chi connectivity index (χ3n) is 6.48. The van der Waals surface area contributed by atoms with Crippen LogP contribution >= 0.6 is 0 Å². The van der Waals surface area contributed by atoms with Crippen molar-refractivity contribution in [3.63, 3.8) is 0 Å². The molecule has 1 aliphatic rings. The second-order valence-electron chi connectivity index (χ2n) is 8.27. The summed E-state index contributed by atoms with van der Waals surface area (Å²) in [6, 6.07) is 18.0. The third kappa shape index (κ3) is 4.91. The van der Waals surface area contributed by atoms with Crippen LogP contribution in [-0.2, 0) is 10.2 Å². The summed E-state index contributed by atoms with van der Waals surface area (Å²) in [5, 5.41) is 12.6. The topological polar surface area (TPSA) is 114 Å². The molecule has 7 nitrogen and oxygen atoms in total. The van der Waals surface area contributed by atoms with Gasteiger partial charge in [0.1, 0.15) is 17.9 Å². The Morgan fingerprint density at radius 1 is 1.15 bits per heavy atom. The van der Waals surface area contributed by atoms with E-state index in [-0.39, 0.29) is 12.4 Å². The fraction of sp³-hybridized carbons (Fsp3) is 0.346. The molecule has 0 radical (unpaired) electrons. The van der Waals surface area contributed by atoms with Gasteiger partial charge in [0.15, 0.2) is 5.78 Å². The second-order valence-corrected chi connectivity index (χ2v) is 8.27. The number of nitriles is 1. The molecule has 1 fully saturated rings. The first-order valence-electron chi connectivity index (χ1n) is 10.9. The highest BCUT2D eigenvalue weighted by molar-refractivity contribution is 6.03. The van der Waals surface area contributed by atoms with E-state index in [2.05, 4.69) is 18.0 Å². The number of carbonyl (C=O) groups is 2. The van der Waals surface area contributed by atoms with Gasteiger partial charge in [-0.25, -0.2) is 4.79 Å². The number of nitrogens with zero attached hydrogens (tertiary/aromatic N) is 1. The van der Waals surface area contributed by atoms with Gasteiger partial charge in [0.2, 0.25) is 0 Å². The highest BCUT2D eigenvalue weighted by atomic mass is 16.5. The fourth-order valence-corrected chi connectivity index (χ4v) is 4.57. The molecule has 2 aromatic rings. The zero-order valence-electron chi connectivity index (χ0n) is 18.8. The number of alkyl carbamates (subject to hydrolysis) is 1. The molecule has 7 heteroatoms. The molecular formula is C26H29N3O4. The Bertz CT molecular complexity index is 1040. The van der Waals surface area contributed by atoms with Gasteiger partial charge in [0.05, 0.1) is 24.8 Å². The van der Waals surface area contributed by atoms with Gasteiger partial charge in [-0.05, 0) is 43.4 Å². The quantitative estimate of drug-likeness (QED) is 0.469. The Morgan fingerprint density at radius 3 is 2.39 bits per heavy atom. The molecule has 0 heterocycles. The van der Waals surface area contributed by atoms with Gasteiger partial charge in [-0.3, -0.25) is 4.79 Å². The lowest BCUT2D eigenvalue weighted by Gasteiger charge is -2.46. The average molecular weight is 448 g/mol. The maximum atomic E-state index is 13.6. The summed E-state index contributed by atoms with van der Waals surface area (Å²) in [5.41, 5.74) is 6.26. The minimum Gasteiger partial charge on any atom is -0.496 e. The van der Waals surface area contributed by atoms with Crippen molar-refractivity contribution >= 4 is 11.9 Å². The van der Waals surface area contributed by atoms with Crippen molar-refractivity contribution in [1.29, 1.82) is 5.26 Å². The smallest absolute Gasteiger partial charge is 0.408 e. The minimum atomic E-state index is -1.09. The number of ether oxygens (including phenoxy) is 2. The van der Waals surface area contributed by atoms with Crippen LogP contribution in [0, 0.1) is 11.3 Å². The first kappa shape index (κ1) is 24.0. The normalized spacial score (nSPS) is 22.9. The molecule has 33 heavy (non-hydrogen) atoms. The summed E-state index contributed by atoms with van der Waals surface area (Å²) < 4.78 is 10.4. The third-order valence-corrected chi connectivity index (χ3v) is 6.48. The summed E-state index contributed by atoms with van der Waals surface area (Å²) in [5.74, 6) is 0.245. The number of benzene rings is 2. The van der Waals surface area contributed by atoms with Crippen molar-refractivity contribution in [3.05, 3.63) is 78.4 Å². The van der Waals surface area contributed by atoms with Crippen LogP contribution in [0.2, 0.25) is 0 Å². The highest BCUT2D eigenvalue weighted by Crippen LogP contribution is 2.46. The summed E-state index contributed by atoms with van der Waals surface area (Å²) in [4.78, 5) is 25.7. The largest absolute Gasteiger partial charge is 0.496 e. The van der Waals surface area contributed by atoms with Crippen molar-refractivity contribution in [2.75, 3.05) is 13.7 Å². The van der Waals surface area contributed by atoms with E-state index < -0.39 is 23.1 Å². The minimum absolute atomic E-state index is 0.0551. The van der Waals surface area contributed by atoms with Crippen molar-refractivity contribution in [1.82, 2.24) is 5.32 Å². The van der Waals surface area contributed by atoms with E-state index in [9.17, 15) is 14.9 Å². The number of hydrogen-bond acceptors (Lipinski definition) is 6. The molecule has 172 valence electrons. The van der Waals surface area contributed by atoms with E-state index in [0.29, 0.717) is 37.0 Å². The number of hydrogen-bond donors (Lipinski definition) is 2. The number of para-hydroxylation sites is 1. The van der Waals surface area contributed by atoms with Gasteiger partial charge in [0.25, 0.3) is 0 Å². The van der Waals surface area contributed by atoms with Crippen molar-refractivity contribution < 1.29 is 19.1 Å². The van der Waals surface area contributed by atoms with Crippen molar-refractivity contribution in [3.8, 4) is 11.8 Å². The Balaban J connectivity index is 1.92. The summed E-state index contributed by atoms with van der Waals surface area (Å²) in [6.45, 7) is 3.57. The number of Topliss-reactive ketones (excluding diaryl/α,β-unsaturated/α-hetero) is 1. The molecule has 3 N–H and O–H groups in total. The zero-order valence-corrected chi connectivity index (χ0v) is 18.8. The lowest BCUT2D eigenvalue weighted by atomic mass is 9.60. The highest BCUT2D eigenvalue weighted by Gasteiger charge is 2.50. The molecule has 2 aromatic carbocycles. The number of rotatable bonds is 8. The molecule has 3 rings (SSSR count). The molecule has 0 aliphatic heterocycles. The molecule has 1 amide bonds. The fourth-order valence-electron chi connectivity index (χ4n) is 4.57. The van der Waals surface area contributed by atoms with Crippen LogP contribution in [0.3, 0.4) is 0 Å². The maximum absolute atomic E-state index is 13.6. The summed E-state index contributed by atoms with van der Waals surface area (Å²) in [7, 11) is 1.52. The molecule has 1 aliphatic carbocycles. The van der Waals surface area contributed by atoms with Gasteiger partial charge in [-0.1, -0.05) is 55.1 Å². The number of carbonyl (C=O) groups excluding carboxylic acids is 2. The van der Waals surface area contributed by atoms with E-state index in [1.807, 2.05) is 30.3 Å². The second kappa shape index (κ2) is 10.3. The molecule has 1 atom stereocenters. The first-order valence-corrected chi connectivity index (χ1v) is 10.9. The number of amides is 1. The summed E-state index contributed by atoms with van der Waals surface area (Å²) in [6.07, 6.45) is 2.33. The van der Waals surface area contributed by atoms with E-state index in [0.717, 1.165) is 5.56 Å². The molecule has 1 unspecified atom stereocenters. The lowest BCUT2D eigenvalue weighted by molar-refractivity contribution is 0.0848. The van der Waals surface area contributed by atoms with E-state index in [1.165, 1.54) is 13.2 Å². The number of ketones is 1. The maximum Gasteiger partial charge on any atom is 0.408 e. The van der Waals surface area contributed by atoms with Crippen LogP contribution in [0.25, 0.3) is 0 Å². The predicted molar refractivity (Wildman–Crippen MR) is 125 cm³/mol. The molecule has 0 bridgehead atoms. The summed E-state index contributed by atoms with van der Waals surface area (Å²) >= 11 is 0. The molecule has 1 saturated carbocycles. The molecule has 0 spiro atoms. The van der Waals surface area contributed by atoms with Gasteiger partial charge in [0, 0.05) is 5.41 Å². The Morgan fingerprint density at radius 2 is 1.79 bits per heavy atom. The van der Waals surface area contributed by atoms with Crippen LogP contribution < -0.4 is 15.8 Å². The average Bonchev–Trinajstić information content (AvgIpc) is 2.87. The first-order chi connectivity index (χ1) is 15.9. The van der Waals surface area contributed by atoms with Crippen molar-refractivity contribution in [2.24, 2.45) is 5.73 Å². The van der Waals surface area contributed by atoms with Gasteiger partial charge in [-0.15, -0.1) is 0 Å². The Labute approximate surface area is 194 Å². The van der Waals surface area contributed by atoms with E-state index in [4.69, 9.17) is 15.2 Å². The van der Waals surface area contributed by atoms with E-state index in [1.54, 1.807) is 24.3 Å². The predicted octanol–water partition coefficient (Wildman–Crippen LogP) is 3.89. The lowest BCUT2D eigenvalue weighted by Crippen LogP contribution is -2.58. The van der Waals surface area contributed by atoms with Crippen LogP contribution in [0.5, 0.6) is 5.75 Å². The zero-order chi connectivity index (χ0) is 23.9. The van der Waals surface area contributed by atoms with Gasteiger partial charge in [-0.2, -0.15) is 5.26 Å². The molecule has 0 aromatic heterocycles. The number of nitrogens with two attached hydrogens (primary N) is 1. The Hall–Kier alpha value is -3.63. The van der Waals surface area contributed by atoms with Crippen LogP contribution in [0.1, 0.15) is 41.6 Å². The SMILES string of the molecule is C=CCOC(=O)NC1(C#N)CCC(c2ccccc2)(C(N)C(=O)c2ccccc2OC)CC1. The van der Waals surface area contributed by atoms with Crippen molar-refractivity contribution in [2.45, 2.75) is 42.7 Å². The number of methoxy groups -OCH3 is 1. The van der Waals surface area contributed by atoms with Crippen LogP contribution in [0.15, 0.2) is 67.3 Å². The monoisotopic (exact) mass is 447 g/mol. The van der Waals surface area contributed by atoms with E-state index >= 15 is 0 Å². The Kier molecular flexibility index (Phi) is 7.52. The van der Waals surface area contributed by atoms with Crippen LogP contribution in [-0.4, -0.2) is 37.2 Å². The molecular weight excluding hydrogens is 418 g/mol. The van der Waals surface area contributed by atoms with Gasteiger partial charge >= 0.3 is 6.09 Å². The standard InChI is InChI=1S/C26H29N3O4/c1-3-17-33-24(31)29-25(18-27)13-15-26(16-14-25,19-9-5-4-6-10-19)23(28)22(30)20-11-7-8-12-21(20)32-2/h3-12,23H,1,13-17,28H2,2H3,(H,29,31). The number of nitrogens with one attached hydrogen (secondary N) is 1. The van der Waals surface area contributed by atoms with Crippen LogP contribution in [0.4, 0.5) is 4.79 Å².